The number of carbonyl (C=O) groups is 2. The molecular formula is C20H22N4O4. The van der Waals surface area contributed by atoms with Gasteiger partial charge in [0.25, 0.3) is 5.69 Å². The molecule has 1 N–H and O–H groups in total. The number of benzene rings is 2. The van der Waals surface area contributed by atoms with E-state index in [2.05, 4.69) is 5.32 Å². The molecule has 2 amide bonds. The molecular weight excluding hydrogens is 360 g/mol. The Morgan fingerprint density at radius 3 is 2.29 bits per heavy atom. The molecule has 1 aliphatic heterocycles. The number of hydrogen-bond acceptors (Lipinski definition) is 5. The third-order valence-corrected chi connectivity index (χ3v) is 4.70. The zero-order valence-electron chi connectivity index (χ0n) is 15.4. The highest BCUT2D eigenvalue weighted by molar-refractivity contribution is 5.86. The molecule has 1 fully saturated rings. The maximum absolute atomic E-state index is 12.4. The van der Waals surface area contributed by atoms with Crippen LogP contribution in [0, 0.1) is 10.1 Å². The number of nitrogens with zero attached hydrogens (tertiary/aromatic N) is 3. The molecule has 1 heterocycles. The fourth-order valence-electron chi connectivity index (χ4n) is 3.21. The third-order valence-electron chi connectivity index (χ3n) is 4.70. The van der Waals surface area contributed by atoms with Crippen LogP contribution in [0.5, 0.6) is 0 Å². The van der Waals surface area contributed by atoms with E-state index < -0.39 is 4.92 Å². The molecule has 2 aromatic carbocycles. The summed E-state index contributed by atoms with van der Waals surface area (Å²) in [6, 6.07) is 16.0. The Morgan fingerprint density at radius 2 is 1.61 bits per heavy atom. The van der Waals surface area contributed by atoms with Gasteiger partial charge in [-0.1, -0.05) is 42.5 Å². The average molecular weight is 382 g/mol. The van der Waals surface area contributed by atoms with E-state index in [1.165, 1.54) is 6.07 Å². The fourth-order valence-corrected chi connectivity index (χ4v) is 3.21. The van der Waals surface area contributed by atoms with E-state index in [9.17, 15) is 19.7 Å². The topological polar surface area (TPSA) is 95.8 Å². The zero-order chi connectivity index (χ0) is 19.9. The molecule has 8 heteroatoms. The molecule has 146 valence electrons. The van der Waals surface area contributed by atoms with Gasteiger partial charge >= 0.3 is 0 Å². The van der Waals surface area contributed by atoms with Gasteiger partial charge in [0.15, 0.2) is 0 Å². The van der Waals surface area contributed by atoms with Gasteiger partial charge in [0.05, 0.1) is 17.9 Å². The molecule has 0 radical (unpaired) electrons. The molecule has 3 rings (SSSR count). The van der Waals surface area contributed by atoms with Crippen LogP contribution in [0.1, 0.15) is 5.56 Å². The lowest BCUT2D eigenvalue weighted by Gasteiger charge is -2.35. The Labute approximate surface area is 162 Å². The van der Waals surface area contributed by atoms with Crippen LogP contribution in [0.25, 0.3) is 0 Å². The summed E-state index contributed by atoms with van der Waals surface area (Å²) in [5, 5.41) is 13.9. The van der Waals surface area contributed by atoms with Crippen molar-refractivity contribution < 1.29 is 14.5 Å². The van der Waals surface area contributed by atoms with Gasteiger partial charge in [-0.3, -0.25) is 19.7 Å². The summed E-state index contributed by atoms with van der Waals surface area (Å²) in [4.78, 5) is 38.7. The monoisotopic (exact) mass is 382 g/mol. The lowest BCUT2D eigenvalue weighted by molar-refractivity contribution is -0.384. The Balaban J connectivity index is 1.48. The maximum Gasteiger partial charge on any atom is 0.292 e. The summed E-state index contributed by atoms with van der Waals surface area (Å²) < 4.78 is 0. The quantitative estimate of drug-likeness (QED) is 0.605. The standard InChI is InChI=1S/C20H22N4O4/c25-19(14-16-6-2-1-3-7-16)21-15-20(26)23-12-10-22(11-13-23)17-8-4-5-9-18(17)24(27)28/h1-9H,10-15H2,(H,21,25). The number of rotatable bonds is 6. The van der Waals surface area contributed by atoms with E-state index in [0.717, 1.165) is 5.56 Å². The van der Waals surface area contributed by atoms with Crippen molar-refractivity contribution in [1.82, 2.24) is 10.2 Å². The maximum atomic E-state index is 12.4. The smallest absolute Gasteiger partial charge is 0.292 e. The van der Waals surface area contributed by atoms with Gasteiger partial charge in [-0.25, -0.2) is 0 Å². The highest BCUT2D eigenvalue weighted by Crippen LogP contribution is 2.28. The highest BCUT2D eigenvalue weighted by Gasteiger charge is 2.25. The number of nitrogens with one attached hydrogen (secondary N) is 1. The van der Waals surface area contributed by atoms with Crippen molar-refractivity contribution in [2.75, 3.05) is 37.6 Å². The minimum Gasteiger partial charge on any atom is -0.362 e. The lowest BCUT2D eigenvalue weighted by atomic mass is 10.1. The molecule has 0 bridgehead atoms. The molecule has 0 saturated carbocycles. The van der Waals surface area contributed by atoms with Gasteiger partial charge in [0, 0.05) is 32.2 Å². The summed E-state index contributed by atoms with van der Waals surface area (Å²) >= 11 is 0. The van der Waals surface area contributed by atoms with E-state index in [4.69, 9.17) is 0 Å². The van der Waals surface area contributed by atoms with Crippen molar-refractivity contribution in [3.8, 4) is 0 Å². The first-order chi connectivity index (χ1) is 13.5. The van der Waals surface area contributed by atoms with Crippen molar-refractivity contribution in [1.29, 1.82) is 0 Å². The van der Waals surface area contributed by atoms with Crippen molar-refractivity contribution in [3.63, 3.8) is 0 Å². The van der Waals surface area contributed by atoms with Crippen LogP contribution in [0.3, 0.4) is 0 Å². The average Bonchev–Trinajstić information content (AvgIpc) is 2.73. The molecule has 28 heavy (non-hydrogen) atoms. The third kappa shape index (κ3) is 4.85. The van der Waals surface area contributed by atoms with E-state index in [1.807, 2.05) is 35.2 Å². The van der Waals surface area contributed by atoms with Crippen LogP contribution >= 0.6 is 0 Å². The Morgan fingerprint density at radius 1 is 0.964 bits per heavy atom. The molecule has 0 spiro atoms. The van der Waals surface area contributed by atoms with Crippen molar-refractivity contribution in [2.45, 2.75) is 6.42 Å². The van der Waals surface area contributed by atoms with Crippen LogP contribution in [0.2, 0.25) is 0 Å². The second-order valence-electron chi connectivity index (χ2n) is 6.55. The summed E-state index contributed by atoms with van der Waals surface area (Å²) in [5.74, 6) is -0.346. The van der Waals surface area contributed by atoms with Crippen molar-refractivity contribution in [2.24, 2.45) is 0 Å². The summed E-state index contributed by atoms with van der Waals surface area (Å²) in [5.41, 5.74) is 1.52. The minimum absolute atomic E-state index is 0.0445. The molecule has 8 nitrogen and oxygen atoms in total. The molecule has 0 atom stereocenters. The number of nitro groups is 1. The first kappa shape index (κ1) is 19.3. The summed E-state index contributed by atoms with van der Waals surface area (Å²) in [6.07, 6.45) is 0.236. The van der Waals surface area contributed by atoms with Crippen LogP contribution in [-0.4, -0.2) is 54.4 Å². The van der Waals surface area contributed by atoms with Crippen LogP contribution in [-0.2, 0) is 16.0 Å². The summed E-state index contributed by atoms with van der Waals surface area (Å²) in [6.45, 7) is 1.89. The summed E-state index contributed by atoms with van der Waals surface area (Å²) in [7, 11) is 0. The van der Waals surface area contributed by atoms with Crippen LogP contribution in [0.15, 0.2) is 54.6 Å². The van der Waals surface area contributed by atoms with Gasteiger partial charge in [-0.2, -0.15) is 0 Å². The molecule has 2 aromatic rings. The molecule has 1 aliphatic rings. The van der Waals surface area contributed by atoms with Gasteiger partial charge in [-0.15, -0.1) is 0 Å². The van der Waals surface area contributed by atoms with E-state index in [-0.39, 0.29) is 30.5 Å². The first-order valence-electron chi connectivity index (χ1n) is 9.11. The first-order valence-corrected chi connectivity index (χ1v) is 9.11. The van der Waals surface area contributed by atoms with Gasteiger partial charge < -0.3 is 15.1 Å². The lowest BCUT2D eigenvalue weighted by Crippen LogP contribution is -2.51. The Bertz CT molecular complexity index is 848. The molecule has 0 aromatic heterocycles. The number of piperazine rings is 1. The number of para-hydroxylation sites is 2. The number of nitro benzene ring substituents is 1. The van der Waals surface area contributed by atoms with Crippen molar-refractivity contribution >= 4 is 23.2 Å². The van der Waals surface area contributed by atoms with E-state index in [0.29, 0.717) is 31.9 Å². The second-order valence-corrected chi connectivity index (χ2v) is 6.55. The van der Waals surface area contributed by atoms with Gasteiger partial charge in [-0.05, 0) is 11.6 Å². The molecule has 0 unspecified atom stereocenters. The van der Waals surface area contributed by atoms with E-state index >= 15 is 0 Å². The second kappa shape index (κ2) is 8.98. The highest BCUT2D eigenvalue weighted by atomic mass is 16.6. The number of hydrogen-bond donors (Lipinski definition) is 1. The van der Waals surface area contributed by atoms with Crippen LogP contribution < -0.4 is 10.2 Å². The minimum atomic E-state index is -0.394. The predicted octanol–water partition coefficient (Wildman–Crippen LogP) is 1.60. The molecule has 1 saturated heterocycles. The van der Waals surface area contributed by atoms with Gasteiger partial charge in [0.1, 0.15) is 5.69 Å². The number of carbonyl (C=O) groups excluding carboxylic acids is 2. The number of anilines is 1. The Kier molecular flexibility index (Phi) is 6.21. The largest absolute Gasteiger partial charge is 0.362 e. The fraction of sp³-hybridized carbons (Fsp3) is 0.300. The molecule has 0 aliphatic carbocycles. The SMILES string of the molecule is O=C(Cc1ccccc1)NCC(=O)N1CCN(c2ccccc2[N+](=O)[O-])CC1. The normalized spacial score (nSPS) is 13.9. The van der Waals surface area contributed by atoms with E-state index in [1.54, 1.807) is 23.1 Å². The van der Waals surface area contributed by atoms with Crippen molar-refractivity contribution in [3.05, 3.63) is 70.3 Å². The van der Waals surface area contributed by atoms with Crippen LogP contribution in [0.4, 0.5) is 11.4 Å². The Hall–Kier alpha value is -3.42. The number of amides is 2. The van der Waals surface area contributed by atoms with Gasteiger partial charge in [0.2, 0.25) is 11.8 Å². The zero-order valence-corrected chi connectivity index (χ0v) is 15.4. The predicted molar refractivity (Wildman–Crippen MR) is 105 cm³/mol.